The average molecular weight is 238 g/mol. The molecule has 0 heterocycles. The van der Waals surface area contributed by atoms with E-state index < -0.39 is 17.5 Å². The zero-order valence-corrected chi connectivity index (χ0v) is 8.68. The van der Waals surface area contributed by atoms with E-state index in [1.165, 1.54) is 18.2 Å². The van der Waals surface area contributed by atoms with Gasteiger partial charge in [0, 0.05) is 17.4 Å². The second-order valence-electron chi connectivity index (χ2n) is 3.49. The molecule has 2 nitrogen and oxygen atoms in total. The Morgan fingerprint density at radius 3 is 1.94 bits per heavy atom. The second-order valence-corrected chi connectivity index (χ2v) is 3.49. The number of benzene rings is 2. The number of nitrogen functional groups attached to an aromatic ring is 1. The first-order chi connectivity index (χ1) is 8.06. The highest BCUT2D eigenvalue weighted by atomic mass is 19.2. The topological polar surface area (TPSA) is 38.0 Å². The standard InChI is InChI=1S/C12H9F3N2/c13-9-3-1-7(5-10(9)14)17-8-2-4-12(16)11(15)6-8/h1-6,17H,16H2. The Morgan fingerprint density at radius 1 is 0.765 bits per heavy atom. The molecule has 0 aliphatic rings. The van der Waals surface area contributed by atoms with E-state index in [1.54, 1.807) is 6.07 Å². The molecule has 0 saturated heterocycles. The predicted molar refractivity (Wildman–Crippen MR) is 60.5 cm³/mol. The van der Waals surface area contributed by atoms with E-state index in [0.717, 1.165) is 12.1 Å². The first kappa shape index (κ1) is 11.3. The van der Waals surface area contributed by atoms with Crippen LogP contribution in [0.2, 0.25) is 0 Å². The number of anilines is 3. The van der Waals surface area contributed by atoms with Crippen LogP contribution in [-0.4, -0.2) is 0 Å². The third kappa shape index (κ3) is 2.50. The highest BCUT2D eigenvalue weighted by Gasteiger charge is 2.04. The smallest absolute Gasteiger partial charge is 0.160 e. The molecule has 2 aromatic carbocycles. The van der Waals surface area contributed by atoms with Crippen LogP contribution in [0, 0.1) is 17.5 Å². The molecule has 0 fully saturated rings. The Labute approximate surface area is 95.9 Å². The molecule has 5 heteroatoms. The predicted octanol–water partition coefficient (Wildman–Crippen LogP) is 3.43. The lowest BCUT2D eigenvalue weighted by atomic mass is 10.2. The lowest BCUT2D eigenvalue weighted by Crippen LogP contribution is -1.95. The molecular formula is C12H9F3N2. The maximum absolute atomic E-state index is 13.1. The molecule has 0 spiro atoms. The first-order valence-electron chi connectivity index (χ1n) is 4.83. The normalized spacial score (nSPS) is 10.3. The van der Waals surface area contributed by atoms with Gasteiger partial charge >= 0.3 is 0 Å². The van der Waals surface area contributed by atoms with Gasteiger partial charge in [0.15, 0.2) is 11.6 Å². The van der Waals surface area contributed by atoms with Crippen molar-refractivity contribution in [1.29, 1.82) is 0 Å². The summed E-state index contributed by atoms with van der Waals surface area (Å²) >= 11 is 0. The molecule has 17 heavy (non-hydrogen) atoms. The van der Waals surface area contributed by atoms with Crippen molar-refractivity contribution in [2.24, 2.45) is 0 Å². The van der Waals surface area contributed by atoms with Crippen LogP contribution in [0.25, 0.3) is 0 Å². The minimum absolute atomic E-state index is 0.0286. The molecule has 0 unspecified atom stereocenters. The van der Waals surface area contributed by atoms with Gasteiger partial charge in [-0.2, -0.15) is 0 Å². The lowest BCUT2D eigenvalue weighted by molar-refractivity contribution is 0.509. The maximum atomic E-state index is 13.1. The summed E-state index contributed by atoms with van der Waals surface area (Å²) in [6.07, 6.45) is 0. The van der Waals surface area contributed by atoms with E-state index in [2.05, 4.69) is 5.32 Å². The van der Waals surface area contributed by atoms with Crippen LogP contribution in [0.3, 0.4) is 0 Å². The molecule has 0 amide bonds. The van der Waals surface area contributed by atoms with Crippen LogP contribution in [0.1, 0.15) is 0 Å². The van der Waals surface area contributed by atoms with E-state index in [1.807, 2.05) is 0 Å². The highest BCUT2D eigenvalue weighted by Crippen LogP contribution is 2.21. The lowest BCUT2D eigenvalue weighted by Gasteiger charge is -2.07. The van der Waals surface area contributed by atoms with Gasteiger partial charge < -0.3 is 11.1 Å². The first-order valence-corrected chi connectivity index (χ1v) is 4.83. The summed E-state index contributed by atoms with van der Waals surface area (Å²) in [4.78, 5) is 0. The third-order valence-electron chi connectivity index (χ3n) is 2.21. The molecule has 0 radical (unpaired) electrons. The molecule has 0 aliphatic carbocycles. The van der Waals surface area contributed by atoms with Gasteiger partial charge in [0.25, 0.3) is 0 Å². The number of rotatable bonds is 2. The van der Waals surface area contributed by atoms with E-state index in [0.29, 0.717) is 11.4 Å². The van der Waals surface area contributed by atoms with Gasteiger partial charge in [0.05, 0.1) is 5.69 Å². The van der Waals surface area contributed by atoms with Crippen molar-refractivity contribution in [3.05, 3.63) is 53.8 Å². The molecule has 0 aliphatic heterocycles. The monoisotopic (exact) mass is 238 g/mol. The number of halogens is 3. The summed E-state index contributed by atoms with van der Waals surface area (Å²) < 4.78 is 38.7. The summed E-state index contributed by atoms with van der Waals surface area (Å²) in [5.74, 6) is -2.47. The third-order valence-corrected chi connectivity index (χ3v) is 2.21. The van der Waals surface area contributed by atoms with Gasteiger partial charge in [-0.1, -0.05) is 0 Å². The van der Waals surface area contributed by atoms with Crippen molar-refractivity contribution in [2.45, 2.75) is 0 Å². The summed E-state index contributed by atoms with van der Waals surface area (Å²) in [7, 11) is 0. The van der Waals surface area contributed by atoms with Crippen molar-refractivity contribution in [3.63, 3.8) is 0 Å². The van der Waals surface area contributed by atoms with Crippen molar-refractivity contribution in [1.82, 2.24) is 0 Å². The summed E-state index contributed by atoms with van der Waals surface area (Å²) in [6.45, 7) is 0. The van der Waals surface area contributed by atoms with Crippen LogP contribution < -0.4 is 11.1 Å². The zero-order chi connectivity index (χ0) is 12.4. The largest absolute Gasteiger partial charge is 0.396 e. The molecule has 0 atom stereocenters. The molecule has 0 saturated carbocycles. The van der Waals surface area contributed by atoms with Crippen LogP contribution in [0.15, 0.2) is 36.4 Å². The summed E-state index contributed by atoms with van der Waals surface area (Å²) in [6, 6.07) is 7.44. The minimum atomic E-state index is -0.967. The van der Waals surface area contributed by atoms with E-state index >= 15 is 0 Å². The maximum Gasteiger partial charge on any atom is 0.160 e. The SMILES string of the molecule is Nc1ccc(Nc2ccc(F)c(F)c2)cc1F. The minimum Gasteiger partial charge on any atom is -0.396 e. The molecule has 88 valence electrons. The van der Waals surface area contributed by atoms with Gasteiger partial charge in [-0.25, -0.2) is 13.2 Å². The van der Waals surface area contributed by atoms with Gasteiger partial charge in [-0.3, -0.25) is 0 Å². The molecular weight excluding hydrogens is 229 g/mol. The number of hydrogen-bond acceptors (Lipinski definition) is 2. The second kappa shape index (κ2) is 4.37. The van der Waals surface area contributed by atoms with Crippen molar-refractivity contribution in [2.75, 3.05) is 11.1 Å². The molecule has 2 aromatic rings. The molecule has 0 aromatic heterocycles. The zero-order valence-electron chi connectivity index (χ0n) is 8.68. The van der Waals surface area contributed by atoms with E-state index in [9.17, 15) is 13.2 Å². The van der Waals surface area contributed by atoms with Gasteiger partial charge in [0.1, 0.15) is 5.82 Å². The molecule has 2 rings (SSSR count). The van der Waals surface area contributed by atoms with E-state index in [-0.39, 0.29) is 5.69 Å². The number of nitrogens with one attached hydrogen (secondary N) is 1. The van der Waals surface area contributed by atoms with E-state index in [4.69, 9.17) is 5.73 Å². The molecule has 0 bridgehead atoms. The van der Waals surface area contributed by atoms with Gasteiger partial charge in [0.2, 0.25) is 0 Å². The van der Waals surface area contributed by atoms with Gasteiger partial charge in [-0.05, 0) is 30.3 Å². The Balaban J connectivity index is 2.25. The van der Waals surface area contributed by atoms with Crippen molar-refractivity contribution in [3.8, 4) is 0 Å². The van der Waals surface area contributed by atoms with Crippen molar-refractivity contribution < 1.29 is 13.2 Å². The highest BCUT2D eigenvalue weighted by molar-refractivity contribution is 5.62. The fourth-order valence-electron chi connectivity index (χ4n) is 1.35. The Bertz CT molecular complexity index is 506. The number of hydrogen-bond donors (Lipinski definition) is 2. The van der Waals surface area contributed by atoms with Crippen LogP contribution in [0.4, 0.5) is 30.2 Å². The summed E-state index contributed by atoms with van der Waals surface area (Å²) in [5.41, 5.74) is 6.07. The Morgan fingerprint density at radius 2 is 1.35 bits per heavy atom. The van der Waals surface area contributed by atoms with Crippen LogP contribution in [-0.2, 0) is 0 Å². The van der Waals surface area contributed by atoms with Crippen LogP contribution >= 0.6 is 0 Å². The quantitative estimate of drug-likeness (QED) is 0.786. The fraction of sp³-hybridized carbons (Fsp3) is 0. The van der Waals surface area contributed by atoms with Crippen molar-refractivity contribution >= 4 is 17.1 Å². The summed E-state index contributed by atoms with van der Waals surface area (Å²) in [5, 5.41) is 2.74. The number of nitrogens with two attached hydrogens (primary N) is 1. The fourth-order valence-corrected chi connectivity index (χ4v) is 1.35. The average Bonchev–Trinajstić information content (AvgIpc) is 2.29. The van der Waals surface area contributed by atoms with Crippen LogP contribution in [0.5, 0.6) is 0 Å². The molecule has 3 N–H and O–H groups in total. The Hall–Kier alpha value is -2.17. The van der Waals surface area contributed by atoms with Gasteiger partial charge in [-0.15, -0.1) is 0 Å². The Kier molecular flexibility index (Phi) is 2.91.